The molecule has 2 heterocycles. The molecule has 4 aromatic rings. The minimum absolute atomic E-state index is 0.0650. The van der Waals surface area contributed by atoms with Gasteiger partial charge < -0.3 is 24.5 Å². The minimum Gasteiger partial charge on any atom is -0.493 e. The van der Waals surface area contributed by atoms with E-state index >= 15 is 0 Å². The standard InChI is InChI=1S/C31H31N3O5S/c1-19-23-17-25(39-3)24(38-2)16-22(23)14-15-34(19)26(35)18-40-31-32-29(36)28(30(37)33-31)27(20-10-6-4-7-11-20)21-12-8-5-9-13-21/h4-13,16-17,19,27H,14-15,18H2,1-3H3,(H2,32,33,36,37)/t19-/m0/s1. The number of ether oxygens (including phenoxy) is 2. The summed E-state index contributed by atoms with van der Waals surface area (Å²) >= 11 is 1.10. The average molecular weight is 558 g/mol. The van der Waals surface area contributed by atoms with Gasteiger partial charge in [0.15, 0.2) is 16.7 Å². The van der Waals surface area contributed by atoms with Gasteiger partial charge in [-0.15, -0.1) is 0 Å². The highest BCUT2D eigenvalue weighted by Gasteiger charge is 2.30. The molecule has 9 heteroatoms. The van der Waals surface area contributed by atoms with Crippen LogP contribution in [0.4, 0.5) is 0 Å². The van der Waals surface area contributed by atoms with Crippen molar-refractivity contribution in [2.24, 2.45) is 0 Å². The van der Waals surface area contributed by atoms with E-state index in [2.05, 4.69) is 9.97 Å². The smallest absolute Gasteiger partial charge is 0.259 e. The molecule has 0 fully saturated rings. The van der Waals surface area contributed by atoms with Gasteiger partial charge in [0.05, 0.1) is 31.6 Å². The van der Waals surface area contributed by atoms with Crippen molar-refractivity contribution >= 4 is 17.7 Å². The Bertz CT molecular complexity index is 1520. The number of hydrogen-bond acceptors (Lipinski definition) is 7. The molecule has 1 aliphatic rings. The summed E-state index contributed by atoms with van der Waals surface area (Å²) in [5.74, 6) is 0.426. The van der Waals surface area contributed by atoms with Crippen molar-refractivity contribution < 1.29 is 19.4 Å². The monoisotopic (exact) mass is 557 g/mol. The Morgan fingerprint density at radius 1 is 1.05 bits per heavy atom. The molecule has 1 amide bonds. The van der Waals surface area contributed by atoms with Gasteiger partial charge in [-0.05, 0) is 47.7 Å². The Balaban J connectivity index is 1.35. The van der Waals surface area contributed by atoms with E-state index in [0.717, 1.165) is 34.0 Å². The first kappa shape index (κ1) is 27.3. The quantitative estimate of drug-likeness (QED) is 0.234. The molecule has 0 saturated carbocycles. The number of H-pyrrole nitrogens is 1. The third-order valence-electron chi connectivity index (χ3n) is 7.31. The molecule has 0 radical (unpaired) electrons. The summed E-state index contributed by atoms with van der Waals surface area (Å²) < 4.78 is 10.9. The number of aromatic hydroxyl groups is 1. The van der Waals surface area contributed by atoms with E-state index in [9.17, 15) is 14.7 Å². The fraction of sp³-hybridized carbons (Fsp3) is 0.258. The summed E-state index contributed by atoms with van der Waals surface area (Å²) in [4.78, 5) is 35.4. The van der Waals surface area contributed by atoms with E-state index in [4.69, 9.17) is 9.47 Å². The molecule has 0 aliphatic carbocycles. The lowest BCUT2D eigenvalue weighted by Crippen LogP contribution is -2.40. The Hall–Kier alpha value is -4.24. The fourth-order valence-electron chi connectivity index (χ4n) is 5.29. The topological polar surface area (TPSA) is 105 Å². The van der Waals surface area contributed by atoms with Crippen LogP contribution >= 0.6 is 11.8 Å². The normalized spacial score (nSPS) is 14.6. The average Bonchev–Trinajstić information content (AvgIpc) is 2.98. The molecule has 0 saturated heterocycles. The summed E-state index contributed by atoms with van der Waals surface area (Å²) in [7, 11) is 3.20. The number of thioether (sulfide) groups is 1. The molecule has 0 spiro atoms. The largest absolute Gasteiger partial charge is 0.493 e. The lowest BCUT2D eigenvalue weighted by Gasteiger charge is -2.35. The number of carbonyl (C=O) groups is 1. The number of aromatic nitrogens is 2. The molecular formula is C31H31N3O5S. The zero-order chi connectivity index (χ0) is 28.2. The number of carbonyl (C=O) groups excluding carboxylic acids is 1. The van der Waals surface area contributed by atoms with Crippen LogP contribution < -0.4 is 15.0 Å². The van der Waals surface area contributed by atoms with Crippen LogP contribution in [0.3, 0.4) is 0 Å². The highest BCUT2D eigenvalue weighted by molar-refractivity contribution is 7.99. The maximum atomic E-state index is 13.3. The summed E-state index contributed by atoms with van der Waals surface area (Å²) in [6.07, 6.45) is 0.696. The van der Waals surface area contributed by atoms with Crippen molar-refractivity contribution in [3.05, 3.63) is 111 Å². The number of hydrogen-bond donors (Lipinski definition) is 2. The minimum atomic E-state index is -0.496. The van der Waals surface area contributed by atoms with Crippen LogP contribution in [0.5, 0.6) is 17.4 Å². The van der Waals surface area contributed by atoms with Crippen LogP contribution in [0.2, 0.25) is 0 Å². The number of nitrogens with one attached hydrogen (secondary N) is 1. The van der Waals surface area contributed by atoms with Crippen LogP contribution in [-0.4, -0.2) is 52.4 Å². The van der Waals surface area contributed by atoms with Crippen molar-refractivity contribution in [2.45, 2.75) is 30.5 Å². The number of amides is 1. The maximum Gasteiger partial charge on any atom is 0.259 e. The number of benzene rings is 3. The number of nitrogens with zero attached hydrogens (tertiary/aromatic N) is 2. The second-order valence-electron chi connectivity index (χ2n) is 9.57. The number of fused-ring (bicyclic) bond motifs is 1. The molecule has 1 aromatic heterocycles. The van der Waals surface area contributed by atoms with Gasteiger partial charge in [-0.2, -0.15) is 4.98 Å². The number of rotatable bonds is 8. The van der Waals surface area contributed by atoms with Crippen LogP contribution in [0, 0.1) is 0 Å². The van der Waals surface area contributed by atoms with Gasteiger partial charge in [-0.3, -0.25) is 9.59 Å². The molecule has 40 heavy (non-hydrogen) atoms. The fourth-order valence-corrected chi connectivity index (χ4v) is 6.04. The first-order valence-corrected chi connectivity index (χ1v) is 14.0. The summed E-state index contributed by atoms with van der Waals surface area (Å²) in [5, 5.41) is 11.2. The molecule has 2 N–H and O–H groups in total. The van der Waals surface area contributed by atoms with Crippen LogP contribution in [0.25, 0.3) is 0 Å². The molecule has 206 valence electrons. The van der Waals surface area contributed by atoms with Gasteiger partial charge in [0.1, 0.15) is 0 Å². The molecule has 5 rings (SSSR count). The highest BCUT2D eigenvalue weighted by Crippen LogP contribution is 2.38. The second-order valence-corrected chi connectivity index (χ2v) is 10.5. The van der Waals surface area contributed by atoms with E-state index in [1.165, 1.54) is 0 Å². The van der Waals surface area contributed by atoms with E-state index in [1.807, 2.05) is 84.6 Å². The molecule has 8 nitrogen and oxygen atoms in total. The zero-order valence-electron chi connectivity index (χ0n) is 22.6. The van der Waals surface area contributed by atoms with Crippen LogP contribution in [0.1, 0.15) is 46.7 Å². The van der Waals surface area contributed by atoms with E-state index in [-0.39, 0.29) is 34.3 Å². The Kier molecular flexibility index (Phi) is 8.11. The third kappa shape index (κ3) is 5.42. The van der Waals surface area contributed by atoms with Crippen molar-refractivity contribution in [3.8, 4) is 17.4 Å². The molecule has 1 atom stereocenters. The number of methoxy groups -OCH3 is 2. The maximum absolute atomic E-state index is 13.3. The Morgan fingerprint density at radius 3 is 2.23 bits per heavy atom. The summed E-state index contributed by atoms with van der Waals surface area (Å²) in [5.41, 5.74) is 3.59. The van der Waals surface area contributed by atoms with E-state index < -0.39 is 11.5 Å². The summed E-state index contributed by atoms with van der Waals surface area (Å²) in [6, 6.07) is 22.8. The predicted octanol–water partition coefficient (Wildman–Crippen LogP) is 4.91. The van der Waals surface area contributed by atoms with E-state index in [0.29, 0.717) is 24.5 Å². The second kappa shape index (κ2) is 11.9. The molecule has 1 aliphatic heterocycles. The van der Waals surface area contributed by atoms with Crippen molar-refractivity contribution in [1.82, 2.24) is 14.9 Å². The van der Waals surface area contributed by atoms with Gasteiger partial charge in [0.25, 0.3) is 5.56 Å². The van der Waals surface area contributed by atoms with Gasteiger partial charge in [0.2, 0.25) is 11.8 Å². The first-order valence-electron chi connectivity index (χ1n) is 13.0. The first-order chi connectivity index (χ1) is 19.4. The van der Waals surface area contributed by atoms with Crippen molar-refractivity contribution in [1.29, 1.82) is 0 Å². The molecule has 0 bridgehead atoms. The van der Waals surface area contributed by atoms with Crippen LogP contribution in [0.15, 0.2) is 82.7 Å². The zero-order valence-corrected chi connectivity index (χ0v) is 23.4. The van der Waals surface area contributed by atoms with Crippen LogP contribution in [-0.2, 0) is 11.2 Å². The van der Waals surface area contributed by atoms with E-state index in [1.54, 1.807) is 14.2 Å². The Morgan fingerprint density at radius 2 is 1.65 bits per heavy atom. The Labute approximate surface area is 237 Å². The molecule has 0 unspecified atom stereocenters. The molecule has 3 aromatic carbocycles. The lowest BCUT2D eigenvalue weighted by atomic mass is 9.86. The summed E-state index contributed by atoms with van der Waals surface area (Å²) in [6.45, 7) is 2.55. The predicted molar refractivity (Wildman–Crippen MR) is 154 cm³/mol. The third-order valence-corrected chi connectivity index (χ3v) is 8.16. The van der Waals surface area contributed by atoms with Gasteiger partial charge >= 0.3 is 0 Å². The lowest BCUT2D eigenvalue weighted by molar-refractivity contribution is -0.130. The van der Waals surface area contributed by atoms with Crippen molar-refractivity contribution in [3.63, 3.8) is 0 Å². The highest BCUT2D eigenvalue weighted by atomic mass is 32.2. The molecular weight excluding hydrogens is 526 g/mol. The van der Waals surface area contributed by atoms with Gasteiger partial charge in [-0.25, -0.2) is 0 Å². The van der Waals surface area contributed by atoms with Crippen molar-refractivity contribution in [2.75, 3.05) is 26.5 Å². The SMILES string of the molecule is COc1cc2c(cc1OC)[C@H](C)N(C(=O)CSc1nc(O)c(C(c3ccccc3)c3ccccc3)c(=O)[nH]1)CC2. The van der Waals surface area contributed by atoms with Gasteiger partial charge in [-0.1, -0.05) is 72.4 Å². The number of aromatic amines is 1. The van der Waals surface area contributed by atoms with Gasteiger partial charge in [0, 0.05) is 12.5 Å².